The zero-order chi connectivity index (χ0) is 15.1. The van der Waals surface area contributed by atoms with Crippen LogP contribution in [0.4, 0.5) is 0 Å². The Kier molecular flexibility index (Phi) is 6.52. The Balaban J connectivity index is 1.88. The van der Waals surface area contributed by atoms with E-state index in [1.165, 1.54) is 43.4 Å². The summed E-state index contributed by atoms with van der Waals surface area (Å²) in [6.07, 6.45) is 4.95. The molecule has 0 fully saturated rings. The third kappa shape index (κ3) is 4.45. The molecule has 2 rings (SSSR count). The highest BCUT2D eigenvalue weighted by Crippen LogP contribution is 2.32. The first-order valence-electron chi connectivity index (χ1n) is 8.41. The zero-order valence-corrected chi connectivity index (χ0v) is 13.8. The predicted octanol–water partition coefficient (Wildman–Crippen LogP) is 3.39. The van der Waals surface area contributed by atoms with Crippen molar-refractivity contribution in [2.75, 3.05) is 33.3 Å². The smallest absolute Gasteiger partial charge is 0.119 e. The number of hydrogen-bond acceptors (Lipinski definition) is 3. The number of nitrogens with zero attached hydrogens (tertiary/aromatic N) is 1. The van der Waals surface area contributed by atoms with E-state index in [-0.39, 0.29) is 0 Å². The van der Waals surface area contributed by atoms with Gasteiger partial charge in [-0.1, -0.05) is 19.9 Å². The molecule has 1 atom stereocenters. The minimum absolute atomic E-state index is 0.501. The molecule has 1 aliphatic carbocycles. The van der Waals surface area contributed by atoms with E-state index in [1.807, 2.05) is 0 Å². The van der Waals surface area contributed by atoms with Crippen molar-refractivity contribution in [1.29, 1.82) is 0 Å². The molecular formula is C18H30N2O. The van der Waals surface area contributed by atoms with Crippen LogP contribution in [0.5, 0.6) is 5.75 Å². The quantitative estimate of drug-likeness (QED) is 0.743. The molecule has 1 aliphatic rings. The van der Waals surface area contributed by atoms with Gasteiger partial charge in [-0.25, -0.2) is 0 Å². The maximum absolute atomic E-state index is 5.38. The number of hydrogen-bond donors (Lipinski definition) is 1. The van der Waals surface area contributed by atoms with E-state index in [2.05, 4.69) is 42.3 Å². The summed E-state index contributed by atoms with van der Waals surface area (Å²) in [7, 11) is 1.75. The van der Waals surface area contributed by atoms with Gasteiger partial charge in [0, 0.05) is 6.04 Å². The van der Waals surface area contributed by atoms with Crippen LogP contribution in [0.3, 0.4) is 0 Å². The van der Waals surface area contributed by atoms with Crippen LogP contribution in [-0.2, 0) is 6.42 Å². The fraction of sp³-hybridized carbons (Fsp3) is 0.667. The maximum Gasteiger partial charge on any atom is 0.119 e. The number of aryl methyl sites for hydroxylation is 1. The van der Waals surface area contributed by atoms with E-state index in [0.717, 1.165) is 25.4 Å². The molecular weight excluding hydrogens is 260 g/mol. The molecule has 1 unspecified atom stereocenters. The topological polar surface area (TPSA) is 24.5 Å². The number of ether oxygens (including phenoxy) is 1. The molecule has 21 heavy (non-hydrogen) atoms. The average molecular weight is 290 g/mol. The second-order valence-corrected chi connectivity index (χ2v) is 5.84. The van der Waals surface area contributed by atoms with Gasteiger partial charge in [0.2, 0.25) is 0 Å². The number of benzene rings is 1. The Morgan fingerprint density at radius 2 is 2.10 bits per heavy atom. The van der Waals surface area contributed by atoms with Crippen molar-refractivity contribution in [3.8, 4) is 5.75 Å². The maximum atomic E-state index is 5.38. The predicted molar refractivity (Wildman–Crippen MR) is 89.1 cm³/mol. The van der Waals surface area contributed by atoms with Crippen LogP contribution in [0, 0.1) is 0 Å². The average Bonchev–Trinajstić information content (AvgIpc) is 2.54. The van der Waals surface area contributed by atoms with Crippen LogP contribution in [0.1, 0.15) is 50.3 Å². The molecule has 0 spiro atoms. The summed E-state index contributed by atoms with van der Waals surface area (Å²) in [4.78, 5) is 2.49. The van der Waals surface area contributed by atoms with Gasteiger partial charge in [0.1, 0.15) is 5.75 Å². The SMILES string of the molecule is CCN(CC)CCCNC1CCCc2ccc(OC)cc21. The van der Waals surface area contributed by atoms with Gasteiger partial charge in [0.15, 0.2) is 0 Å². The Hall–Kier alpha value is -1.06. The van der Waals surface area contributed by atoms with Gasteiger partial charge < -0.3 is 15.0 Å². The number of rotatable bonds is 8. The van der Waals surface area contributed by atoms with E-state index >= 15 is 0 Å². The van der Waals surface area contributed by atoms with Gasteiger partial charge in [-0.05, 0) is 75.1 Å². The summed E-state index contributed by atoms with van der Waals surface area (Å²) in [5.74, 6) is 0.977. The molecule has 0 saturated carbocycles. The molecule has 1 aromatic rings. The molecule has 0 aromatic heterocycles. The summed E-state index contributed by atoms with van der Waals surface area (Å²) in [5, 5.41) is 3.75. The summed E-state index contributed by atoms with van der Waals surface area (Å²) >= 11 is 0. The fourth-order valence-electron chi connectivity index (χ4n) is 3.23. The molecule has 0 radical (unpaired) electrons. The monoisotopic (exact) mass is 290 g/mol. The molecule has 1 N–H and O–H groups in total. The van der Waals surface area contributed by atoms with Gasteiger partial charge >= 0.3 is 0 Å². The van der Waals surface area contributed by atoms with Crippen molar-refractivity contribution >= 4 is 0 Å². The van der Waals surface area contributed by atoms with Crippen molar-refractivity contribution < 1.29 is 4.74 Å². The summed E-state index contributed by atoms with van der Waals surface area (Å²) in [6, 6.07) is 7.04. The second kappa shape index (κ2) is 8.40. The third-order valence-electron chi connectivity index (χ3n) is 4.60. The van der Waals surface area contributed by atoms with E-state index < -0.39 is 0 Å². The fourth-order valence-corrected chi connectivity index (χ4v) is 3.23. The molecule has 1 aromatic carbocycles. The summed E-state index contributed by atoms with van der Waals surface area (Å²) in [6.45, 7) is 9.07. The lowest BCUT2D eigenvalue weighted by Crippen LogP contribution is -2.30. The van der Waals surface area contributed by atoms with Crippen LogP contribution < -0.4 is 10.1 Å². The summed E-state index contributed by atoms with van der Waals surface area (Å²) in [5.41, 5.74) is 2.94. The first-order chi connectivity index (χ1) is 10.3. The van der Waals surface area contributed by atoms with Crippen LogP contribution in [0.2, 0.25) is 0 Å². The standard InChI is InChI=1S/C18H30N2O/c1-4-20(5-2)13-7-12-19-18-9-6-8-15-10-11-16(21-3)14-17(15)18/h10-11,14,18-19H,4-9,12-13H2,1-3H3. The van der Waals surface area contributed by atoms with Crippen molar-refractivity contribution in [3.05, 3.63) is 29.3 Å². The molecule has 0 heterocycles. The largest absolute Gasteiger partial charge is 0.497 e. The van der Waals surface area contributed by atoms with Crippen LogP contribution in [0.15, 0.2) is 18.2 Å². The van der Waals surface area contributed by atoms with Crippen LogP contribution >= 0.6 is 0 Å². The van der Waals surface area contributed by atoms with Crippen LogP contribution in [0.25, 0.3) is 0 Å². The van der Waals surface area contributed by atoms with E-state index in [4.69, 9.17) is 4.74 Å². The normalized spacial score (nSPS) is 17.8. The van der Waals surface area contributed by atoms with Gasteiger partial charge in [0.05, 0.1) is 7.11 Å². The highest BCUT2D eigenvalue weighted by atomic mass is 16.5. The van der Waals surface area contributed by atoms with E-state index in [0.29, 0.717) is 6.04 Å². The van der Waals surface area contributed by atoms with Crippen molar-refractivity contribution in [3.63, 3.8) is 0 Å². The molecule has 0 saturated heterocycles. The highest BCUT2D eigenvalue weighted by molar-refractivity contribution is 5.39. The van der Waals surface area contributed by atoms with Crippen molar-refractivity contribution in [2.45, 2.75) is 45.6 Å². The van der Waals surface area contributed by atoms with Gasteiger partial charge in [-0.3, -0.25) is 0 Å². The Labute approximate surface area is 129 Å². The van der Waals surface area contributed by atoms with Crippen molar-refractivity contribution in [2.24, 2.45) is 0 Å². The lowest BCUT2D eigenvalue weighted by Gasteiger charge is -2.27. The van der Waals surface area contributed by atoms with Crippen LogP contribution in [-0.4, -0.2) is 38.2 Å². The van der Waals surface area contributed by atoms with Crippen molar-refractivity contribution in [1.82, 2.24) is 10.2 Å². The Morgan fingerprint density at radius 3 is 2.81 bits per heavy atom. The molecule has 118 valence electrons. The number of nitrogens with one attached hydrogen (secondary N) is 1. The lowest BCUT2D eigenvalue weighted by molar-refractivity contribution is 0.294. The Bertz CT molecular complexity index is 429. The third-order valence-corrected chi connectivity index (χ3v) is 4.60. The zero-order valence-electron chi connectivity index (χ0n) is 13.8. The second-order valence-electron chi connectivity index (χ2n) is 5.84. The first kappa shape index (κ1) is 16.3. The lowest BCUT2D eigenvalue weighted by atomic mass is 9.87. The number of methoxy groups -OCH3 is 1. The Morgan fingerprint density at radius 1 is 1.29 bits per heavy atom. The van der Waals surface area contributed by atoms with Gasteiger partial charge in [0.25, 0.3) is 0 Å². The van der Waals surface area contributed by atoms with E-state index in [9.17, 15) is 0 Å². The molecule has 0 bridgehead atoms. The number of fused-ring (bicyclic) bond motifs is 1. The minimum atomic E-state index is 0.501. The minimum Gasteiger partial charge on any atom is -0.497 e. The van der Waals surface area contributed by atoms with Gasteiger partial charge in [-0.2, -0.15) is 0 Å². The first-order valence-corrected chi connectivity index (χ1v) is 8.41. The summed E-state index contributed by atoms with van der Waals surface area (Å²) < 4.78 is 5.38. The molecule has 0 amide bonds. The van der Waals surface area contributed by atoms with E-state index in [1.54, 1.807) is 7.11 Å². The van der Waals surface area contributed by atoms with Gasteiger partial charge in [-0.15, -0.1) is 0 Å². The molecule has 3 heteroatoms. The molecule has 0 aliphatic heterocycles. The highest BCUT2D eigenvalue weighted by Gasteiger charge is 2.20. The molecule has 3 nitrogen and oxygen atoms in total.